The van der Waals surface area contributed by atoms with Gasteiger partial charge in [0.15, 0.2) is 11.6 Å². The molecular formula is C21H19F2N3O2. The van der Waals surface area contributed by atoms with Crippen molar-refractivity contribution in [2.24, 2.45) is 0 Å². The summed E-state index contributed by atoms with van der Waals surface area (Å²) < 4.78 is 31.3. The second kappa shape index (κ2) is 8.94. The number of anilines is 2. The molecule has 0 aliphatic carbocycles. The zero-order valence-electron chi connectivity index (χ0n) is 15.2. The lowest BCUT2D eigenvalue weighted by molar-refractivity contribution is 0.102. The fraction of sp³-hybridized carbons (Fsp3) is 0.143. The molecule has 0 saturated carbocycles. The maximum atomic E-state index is 13.2. The highest BCUT2D eigenvalue weighted by atomic mass is 19.2. The van der Waals surface area contributed by atoms with Crippen LogP contribution >= 0.6 is 0 Å². The third-order valence-electron chi connectivity index (χ3n) is 4.09. The van der Waals surface area contributed by atoms with Crippen LogP contribution in [-0.2, 0) is 6.42 Å². The Hall–Kier alpha value is -3.48. The van der Waals surface area contributed by atoms with Gasteiger partial charge in [0.2, 0.25) is 0 Å². The Morgan fingerprint density at radius 1 is 1.04 bits per heavy atom. The highest BCUT2D eigenvalue weighted by molar-refractivity contribution is 6.03. The number of pyridine rings is 1. The largest absolute Gasteiger partial charge is 0.497 e. The number of ether oxygens (including phenoxy) is 1. The maximum Gasteiger partial charge on any atom is 0.256 e. The third-order valence-corrected chi connectivity index (χ3v) is 4.09. The summed E-state index contributed by atoms with van der Waals surface area (Å²) >= 11 is 0. The van der Waals surface area contributed by atoms with Gasteiger partial charge in [-0.05, 0) is 54.4 Å². The van der Waals surface area contributed by atoms with Crippen molar-refractivity contribution >= 4 is 17.4 Å². The van der Waals surface area contributed by atoms with E-state index in [1.54, 1.807) is 25.4 Å². The Labute approximate surface area is 161 Å². The first-order chi connectivity index (χ1) is 13.5. The Balaban J connectivity index is 1.51. The van der Waals surface area contributed by atoms with Crippen LogP contribution in [0.2, 0.25) is 0 Å². The SMILES string of the molecule is COc1ccc(CCNc2ccc(NC(=O)c3ccc(F)c(F)c3)nc2)cc1. The van der Waals surface area contributed by atoms with E-state index in [-0.39, 0.29) is 5.56 Å². The first-order valence-electron chi connectivity index (χ1n) is 8.64. The number of nitrogens with one attached hydrogen (secondary N) is 2. The second-order valence-electron chi connectivity index (χ2n) is 6.04. The molecule has 0 spiro atoms. The van der Waals surface area contributed by atoms with Crippen LogP contribution in [0.3, 0.4) is 0 Å². The van der Waals surface area contributed by atoms with Crippen LogP contribution in [0.15, 0.2) is 60.8 Å². The van der Waals surface area contributed by atoms with E-state index in [0.29, 0.717) is 12.4 Å². The van der Waals surface area contributed by atoms with Gasteiger partial charge >= 0.3 is 0 Å². The molecule has 1 aromatic heterocycles. The molecule has 0 unspecified atom stereocenters. The monoisotopic (exact) mass is 383 g/mol. The van der Waals surface area contributed by atoms with Crippen LogP contribution in [0.25, 0.3) is 0 Å². The molecule has 1 heterocycles. The van der Waals surface area contributed by atoms with Crippen LogP contribution in [0.5, 0.6) is 5.75 Å². The molecular weight excluding hydrogens is 364 g/mol. The molecule has 0 atom stereocenters. The number of hydrogen-bond acceptors (Lipinski definition) is 4. The lowest BCUT2D eigenvalue weighted by Gasteiger charge is -2.09. The van der Waals surface area contributed by atoms with Gasteiger partial charge in [-0.15, -0.1) is 0 Å². The second-order valence-corrected chi connectivity index (χ2v) is 6.04. The van der Waals surface area contributed by atoms with Crippen molar-refractivity contribution in [3.63, 3.8) is 0 Å². The van der Waals surface area contributed by atoms with Gasteiger partial charge < -0.3 is 15.4 Å². The van der Waals surface area contributed by atoms with E-state index < -0.39 is 17.5 Å². The maximum absolute atomic E-state index is 13.2. The fourth-order valence-corrected chi connectivity index (χ4v) is 2.54. The number of carbonyl (C=O) groups is 1. The predicted molar refractivity (Wildman–Crippen MR) is 104 cm³/mol. The fourth-order valence-electron chi connectivity index (χ4n) is 2.54. The standard InChI is InChI=1S/C21H19F2N3O2/c1-28-17-6-2-14(3-7-17)10-11-24-16-5-9-20(25-13-16)26-21(27)15-4-8-18(22)19(23)12-15/h2-9,12-13,24H,10-11H2,1H3,(H,25,26,27). The molecule has 3 rings (SSSR count). The average Bonchev–Trinajstić information content (AvgIpc) is 2.72. The van der Waals surface area contributed by atoms with Gasteiger partial charge in [-0.2, -0.15) is 0 Å². The van der Waals surface area contributed by atoms with Crippen molar-refractivity contribution in [2.75, 3.05) is 24.3 Å². The number of carbonyl (C=O) groups excluding carboxylic acids is 1. The smallest absolute Gasteiger partial charge is 0.256 e. The minimum absolute atomic E-state index is 0.0161. The molecule has 3 aromatic rings. The molecule has 144 valence electrons. The highest BCUT2D eigenvalue weighted by Crippen LogP contribution is 2.14. The van der Waals surface area contributed by atoms with E-state index >= 15 is 0 Å². The quantitative estimate of drug-likeness (QED) is 0.639. The lowest BCUT2D eigenvalue weighted by atomic mass is 10.1. The van der Waals surface area contributed by atoms with Crippen LogP contribution < -0.4 is 15.4 Å². The number of hydrogen-bond donors (Lipinski definition) is 2. The molecule has 0 radical (unpaired) electrons. The zero-order valence-corrected chi connectivity index (χ0v) is 15.2. The number of amides is 1. The number of nitrogens with zero attached hydrogens (tertiary/aromatic N) is 1. The molecule has 0 saturated heterocycles. The van der Waals surface area contributed by atoms with Crippen LogP contribution in [-0.4, -0.2) is 24.5 Å². The first-order valence-corrected chi connectivity index (χ1v) is 8.64. The van der Waals surface area contributed by atoms with Crippen LogP contribution in [0.4, 0.5) is 20.3 Å². The molecule has 0 fully saturated rings. The van der Waals surface area contributed by atoms with Gasteiger partial charge in [-0.1, -0.05) is 12.1 Å². The van der Waals surface area contributed by atoms with E-state index in [4.69, 9.17) is 4.74 Å². The van der Waals surface area contributed by atoms with Gasteiger partial charge in [0.25, 0.3) is 5.91 Å². The number of methoxy groups -OCH3 is 1. The van der Waals surface area contributed by atoms with Crippen LogP contribution in [0.1, 0.15) is 15.9 Å². The van der Waals surface area contributed by atoms with Crippen molar-refractivity contribution in [3.8, 4) is 5.75 Å². The van der Waals surface area contributed by atoms with Gasteiger partial charge in [0.05, 0.1) is 19.0 Å². The molecule has 0 bridgehead atoms. The van der Waals surface area contributed by atoms with E-state index in [2.05, 4.69) is 15.6 Å². The van der Waals surface area contributed by atoms with Crippen LogP contribution in [0, 0.1) is 11.6 Å². The normalized spacial score (nSPS) is 10.4. The zero-order chi connectivity index (χ0) is 19.9. The van der Waals surface area contributed by atoms with Crippen molar-refractivity contribution in [1.29, 1.82) is 0 Å². The summed E-state index contributed by atoms with van der Waals surface area (Å²) in [7, 11) is 1.63. The predicted octanol–water partition coefficient (Wildman–Crippen LogP) is 4.28. The van der Waals surface area contributed by atoms with Crippen molar-refractivity contribution in [1.82, 2.24) is 4.98 Å². The van der Waals surface area contributed by atoms with Crippen molar-refractivity contribution < 1.29 is 18.3 Å². The number of halogens is 2. The summed E-state index contributed by atoms with van der Waals surface area (Å²) in [5.41, 5.74) is 2.00. The van der Waals surface area contributed by atoms with Crippen molar-refractivity contribution in [2.45, 2.75) is 6.42 Å². The number of aromatic nitrogens is 1. The highest BCUT2D eigenvalue weighted by Gasteiger charge is 2.10. The minimum atomic E-state index is -1.07. The summed E-state index contributed by atoms with van der Waals surface area (Å²) in [5.74, 6) is -1.50. The Bertz CT molecular complexity index is 945. The van der Waals surface area contributed by atoms with E-state index in [1.165, 1.54) is 11.6 Å². The van der Waals surface area contributed by atoms with E-state index in [1.807, 2.05) is 24.3 Å². The first kappa shape index (κ1) is 19.3. The molecule has 0 aliphatic rings. The lowest BCUT2D eigenvalue weighted by Crippen LogP contribution is -2.13. The average molecular weight is 383 g/mol. The Kier molecular flexibility index (Phi) is 6.16. The third kappa shape index (κ3) is 5.03. The molecule has 28 heavy (non-hydrogen) atoms. The molecule has 2 N–H and O–H groups in total. The molecule has 7 heteroatoms. The topological polar surface area (TPSA) is 63.2 Å². The van der Waals surface area contributed by atoms with Gasteiger partial charge in [0.1, 0.15) is 11.6 Å². The van der Waals surface area contributed by atoms with E-state index in [9.17, 15) is 13.6 Å². The summed E-state index contributed by atoms with van der Waals surface area (Å²) in [4.78, 5) is 16.2. The van der Waals surface area contributed by atoms with Crippen molar-refractivity contribution in [3.05, 3.63) is 83.6 Å². The Morgan fingerprint density at radius 2 is 1.82 bits per heavy atom. The number of benzene rings is 2. The summed E-state index contributed by atoms with van der Waals surface area (Å²) in [6.07, 6.45) is 2.42. The van der Waals surface area contributed by atoms with E-state index in [0.717, 1.165) is 30.0 Å². The van der Waals surface area contributed by atoms with Gasteiger partial charge in [-0.25, -0.2) is 13.8 Å². The molecule has 0 aliphatic heterocycles. The molecule has 5 nitrogen and oxygen atoms in total. The minimum Gasteiger partial charge on any atom is -0.497 e. The summed E-state index contributed by atoms with van der Waals surface area (Å²) in [6, 6.07) is 14.2. The Morgan fingerprint density at radius 3 is 2.46 bits per heavy atom. The summed E-state index contributed by atoms with van der Waals surface area (Å²) in [5, 5.41) is 5.80. The number of rotatable bonds is 7. The molecule has 2 aromatic carbocycles. The van der Waals surface area contributed by atoms with Gasteiger partial charge in [-0.3, -0.25) is 4.79 Å². The molecule has 1 amide bonds. The summed E-state index contributed by atoms with van der Waals surface area (Å²) in [6.45, 7) is 0.717. The van der Waals surface area contributed by atoms with Gasteiger partial charge in [0, 0.05) is 12.1 Å².